The molecule has 0 aromatic carbocycles. The first-order chi connectivity index (χ1) is 13.8. The second kappa shape index (κ2) is 8.36. The van der Waals surface area contributed by atoms with E-state index in [2.05, 4.69) is 47.7 Å². The van der Waals surface area contributed by atoms with Gasteiger partial charge in [0.25, 0.3) is 0 Å². The Labute approximate surface area is 185 Å². The summed E-state index contributed by atoms with van der Waals surface area (Å²) in [7, 11) is -1.79. The SMILES string of the molecule is CCOC(=O)/C=C1\CO[C@](C)([C@H]2CC[C@H]3[C@@H](O[Si](C)(C)C(C)(C)C)CCC[C@@]32C)C1. The van der Waals surface area contributed by atoms with Crippen LogP contribution < -0.4 is 0 Å². The van der Waals surface area contributed by atoms with Crippen LogP contribution in [-0.4, -0.2) is 39.2 Å². The fourth-order valence-electron chi connectivity index (χ4n) is 6.30. The fraction of sp³-hybridized carbons (Fsp3) is 0.880. The van der Waals surface area contributed by atoms with Crippen molar-refractivity contribution in [2.75, 3.05) is 13.2 Å². The molecule has 5 atom stereocenters. The van der Waals surface area contributed by atoms with E-state index in [1.165, 1.54) is 32.1 Å². The quantitative estimate of drug-likeness (QED) is 0.290. The van der Waals surface area contributed by atoms with E-state index in [-0.39, 0.29) is 22.0 Å². The number of esters is 1. The molecule has 3 rings (SSSR count). The Balaban J connectivity index is 1.76. The normalized spacial score (nSPS) is 38.7. The van der Waals surface area contributed by atoms with Crippen molar-refractivity contribution in [1.29, 1.82) is 0 Å². The van der Waals surface area contributed by atoms with Crippen LogP contribution in [0.4, 0.5) is 0 Å². The van der Waals surface area contributed by atoms with Crippen molar-refractivity contribution in [1.82, 2.24) is 0 Å². The van der Waals surface area contributed by atoms with Crippen LogP contribution in [0.5, 0.6) is 0 Å². The molecule has 3 fully saturated rings. The standard InChI is InChI=1S/C25H44O4Si/c1-9-27-22(26)15-18-16-25(6,28-17-18)21-13-12-19-20(11-10-14-24(19,21)5)29-30(7,8)23(2,3)4/h15,19-21H,9-14,16-17H2,1-8H3/b18-15-/t19-,20-,21-,24-,25-/m0/s1. The highest BCUT2D eigenvalue weighted by Crippen LogP contribution is 2.62. The van der Waals surface area contributed by atoms with Crippen LogP contribution in [0.2, 0.25) is 18.1 Å². The van der Waals surface area contributed by atoms with Gasteiger partial charge in [0.1, 0.15) is 0 Å². The zero-order chi connectivity index (χ0) is 22.4. The van der Waals surface area contributed by atoms with Gasteiger partial charge in [-0.25, -0.2) is 4.79 Å². The molecule has 30 heavy (non-hydrogen) atoms. The summed E-state index contributed by atoms with van der Waals surface area (Å²) < 4.78 is 18.5. The molecule has 0 aromatic heterocycles. The van der Waals surface area contributed by atoms with Gasteiger partial charge in [-0.05, 0) is 80.5 Å². The summed E-state index contributed by atoms with van der Waals surface area (Å²) in [6.07, 6.45) is 9.01. The predicted octanol–water partition coefficient (Wildman–Crippen LogP) is 6.26. The molecule has 0 spiro atoms. The predicted molar refractivity (Wildman–Crippen MR) is 124 cm³/mol. The van der Waals surface area contributed by atoms with Gasteiger partial charge in [-0.1, -0.05) is 34.1 Å². The number of hydrogen-bond acceptors (Lipinski definition) is 4. The first-order valence-electron chi connectivity index (χ1n) is 12.0. The first-order valence-corrected chi connectivity index (χ1v) is 14.9. The maximum atomic E-state index is 11.9. The number of ether oxygens (including phenoxy) is 2. The van der Waals surface area contributed by atoms with E-state index < -0.39 is 8.32 Å². The number of hydrogen-bond donors (Lipinski definition) is 0. The average molecular weight is 437 g/mol. The minimum absolute atomic E-state index is 0.194. The van der Waals surface area contributed by atoms with Crippen molar-refractivity contribution in [3.8, 4) is 0 Å². The molecule has 0 unspecified atom stereocenters. The van der Waals surface area contributed by atoms with E-state index in [9.17, 15) is 4.79 Å². The fourth-order valence-corrected chi connectivity index (χ4v) is 7.69. The van der Waals surface area contributed by atoms with E-state index in [4.69, 9.17) is 13.9 Å². The van der Waals surface area contributed by atoms with Crippen molar-refractivity contribution in [3.05, 3.63) is 11.6 Å². The second-order valence-electron chi connectivity index (χ2n) is 11.9. The maximum absolute atomic E-state index is 11.9. The Kier molecular flexibility index (Phi) is 6.69. The molecule has 0 amide bonds. The molecule has 0 radical (unpaired) electrons. The molecule has 2 saturated carbocycles. The lowest BCUT2D eigenvalue weighted by atomic mass is 9.60. The average Bonchev–Trinajstić information content (AvgIpc) is 3.15. The van der Waals surface area contributed by atoms with Crippen molar-refractivity contribution in [2.45, 2.75) is 110 Å². The minimum Gasteiger partial charge on any atom is -0.463 e. The molecule has 1 saturated heterocycles. The van der Waals surface area contributed by atoms with Crippen LogP contribution in [0.25, 0.3) is 0 Å². The molecular weight excluding hydrogens is 392 g/mol. The van der Waals surface area contributed by atoms with Crippen LogP contribution in [0.15, 0.2) is 11.6 Å². The lowest BCUT2D eigenvalue weighted by Gasteiger charge is -2.51. The zero-order valence-electron chi connectivity index (χ0n) is 20.6. The van der Waals surface area contributed by atoms with Gasteiger partial charge in [0, 0.05) is 18.6 Å². The monoisotopic (exact) mass is 436 g/mol. The summed E-state index contributed by atoms with van der Waals surface area (Å²) in [6, 6.07) is 0. The van der Waals surface area contributed by atoms with Crippen molar-refractivity contribution >= 4 is 14.3 Å². The smallest absolute Gasteiger partial charge is 0.330 e. The molecule has 5 heteroatoms. The molecule has 4 nitrogen and oxygen atoms in total. The van der Waals surface area contributed by atoms with Crippen LogP contribution >= 0.6 is 0 Å². The van der Waals surface area contributed by atoms with Gasteiger partial charge in [0.05, 0.1) is 18.8 Å². The third-order valence-electron chi connectivity index (χ3n) is 8.83. The van der Waals surface area contributed by atoms with E-state index >= 15 is 0 Å². The Morgan fingerprint density at radius 3 is 2.57 bits per heavy atom. The lowest BCUT2D eigenvalue weighted by molar-refractivity contribution is -0.137. The molecule has 1 heterocycles. The summed E-state index contributed by atoms with van der Waals surface area (Å²) in [5, 5.41) is 0.242. The van der Waals surface area contributed by atoms with Crippen LogP contribution in [-0.2, 0) is 18.7 Å². The van der Waals surface area contributed by atoms with Gasteiger partial charge < -0.3 is 13.9 Å². The highest BCUT2D eigenvalue weighted by molar-refractivity contribution is 6.74. The van der Waals surface area contributed by atoms with Crippen LogP contribution in [0.1, 0.15) is 80.1 Å². The van der Waals surface area contributed by atoms with Crippen LogP contribution in [0.3, 0.4) is 0 Å². The largest absolute Gasteiger partial charge is 0.463 e. The third-order valence-corrected chi connectivity index (χ3v) is 13.3. The van der Waals surface area contributed by atoms with E-state index in [1.807, 2.05) is 6.92 Å². The van der Waals surface area contributed by atoms with Crippen molar-refractivity contribution < 1.29 is 18.7 Å². The third kappa shape index (κ3) is 4.45. The van der Waals surface area contributed by atoms with Gasteiger partial charge in [-0.2, -0.15) is 0 Å². The van der Waals surface area contributed by atoms with Gasteiger partial charge in [-0.3, -0.25) is 0 Å². The highest BCUT2D eigenvalue weighted by Gasteiger charge is 2.59. The Morgan fingerprint density at radius 2 is 1.93 bits per heavy atom. The molecule has 0 bridgehead atoms. The van der Waals surface area contributed by atoms with E-state index in [0.29, 0.717) is 31.2 Å². The topological polar surface area (TPSA) is 44.8 Å². The van der Waals surface area contributed by atoms with Gasteiger partial charge in [0.2, 0.25) is 0 Å². The summed E-state index contributed by atoms with van der Waals surface area (Å²) >= 11 is 0. The Bertz CT molecular complexity index is 679. The summed E-state index contributed by atoms with van der Waals surface area (Å²) in [4.78, 5) is 11.9. The zero-order valence-corrected chi connectivity index (χ0v) is 21.6. The van der Waals surface area contributed by atoms with Gasteiger partial charge >= 0.3 is 5.97 Å². The molecule has 0 aromatic rings. The molecule has 172 valence electrons. The summed E-state index contributed by atoms with van der Waals surface area (Å²) in [6.45, 7) is 19.4. The van der Waals surface area contributed by atoms with Gasteiger partial charge in [0.15, 0.2) is 8.32 Å². The number of fused-ring (bicyclic) bond motifs is 1. The molecule has 3 aliphatic rings. The number of rotatable bonds is 5. The minimum atomic E-state index is -1.79. The van der Waals surface area contributed by atoms with E-state index in [0.717, 1.165) is 12.0 Å². The highest BCUT2D eigenvalue weighted by atomic mass is 28.4. The lowest BCUT2D eigenvalue weighted by Crippen LogP contribution is -2.52. The first kappa shape index (κ1) is 24.0. The van der Waals surface area contributed by atoms with Crippen LogP contribution in [0, 0.1) is 17.3 Å². The second-order valence-corrected chi connectivity index (χ2v) is 16.6. The maximum Gasteiger partial charge on any atom is 0.330 e. The van der Waals surface area contributed by atoms with Gasteiger partial charge in [-0.15, -0.1) is 0 Å². The van der Waals surface area contributed by atoms with Crippen molar-refractivity contribution in [3.63, 3.8) is 0 Å². The Morgan fingerprint density at radius 1 is 1.23 bits per heavy atom. The Hall–Kier alpha value is -0.653. The molecule has 2 aliphatic carbocycles. The number of carbonyl (C=O) groups excluding carboxylic acids is 1. The summed E-state index contributed by atoms with van der Waals surface area (Å²) in [5.41, 5.74) is 1.13. The molecular formula is C25H44O4Si. The molecule has 0 N–H and O–H groups in total. The van der Waals surface area contributed by atoms with Crippen molar-refractivity contribution in [2.24, 2.45) is 17.3 Å². The van der Waals surface area contributed by atoms with E-state index in [1.54, 1.807) is 6.08 Å². The summed E-state index contributed by atoms with van der Waals surface area (Å²) in [5.74, 6) is 0.883. The molecule has 1 aliphatic heterocycles. The number of carbonyl (C=O) groups is 1.